The Labute approximate surface area is 460 Å². The van der Waals surface area contributed by atoms with Crippen LogP contribution in [0.3, 0.4) is 0 Å². The van der Waals surface area contributed by atoms with Crippen LogP contribution in [0.2, 0.25) is 0 Å². The Morgan fingerprint density at radius 2 is 0.693 bits per heavy atom. The summed E-state index contributed by atoms with van der Waals surface area (Å²) in [5.41, 5.74) is 5.39. The lowest BCUT2D eigenvalue weighted by atomic mass is 10.0. The van der Waals surface area contributed by atoms with Gasteiger partial charge >= 0.3 is 19.8 Å². The maximum absolute atomic E-state index is 12.7. The molecule has 0 saturated carbocycles. The molecule has 0 aromatic carbocycles. The van der Waals surface area contributed by atoms with Gasteiger partial charge in [-0.2, -0.15) is 0 Å². The second-order valence-corrected chi connectivity index (χ2v) is 21.3. The molecule has 0 amide bonds. The van der Waals surface area contributed by atoms with Gasteiger partial charge in [-0.05, 0) is 96.3 Å². The minimum Gasteiger partial charge on any atom is -0.462 e. The van der Waals surface area contributed by atoms with E-state index in [2.05, 4.69) is 123 Å². The van der Waals surface area contributed by atoms with Crippen molar-refractivity contribution in [3.05, 3.63) is 109 Å². The normalized spacial score (nSPS) is 13.8. The third-order valence-corrected chi connectivity index (χ3v) is 13.6. The van der Waals surface area contributed by atoms with E-state index in [-0.39, 0.29) is 38.6 Å². The third-order valence-electron chi connectivity index (χ3n) is 12.7. The van der Waals surface area contributed by atoms with Crippen molar-refractivity contribution >= 4 is 19.8 Å². The first-order valence-electron chi connectivity index (χ1n) is 30.4. The Morgan fingerprint density at radius 3 is 1.03 bits per heavy atom. The lowest BCUT2D eigenvalue weighted by Crippen LogP contribution is -2.29. The van der Waals surface area contributed by atoms with E-state index in [1.807, 2.05) is 0 Å². The number of carbonyl (C=O) groups is 2. The molecule has 3 N–H and O–H groups in total. The van der Waals surface area contributed by atoms with Crippen LogP contribution in [0.25, 0.3) is 0 Å². The van der Waals surface area contributed by atoms with Crippen molar-refractivity contribution in [2.24, 2.45) is 5.73 Å². The van der Waals surface area contributed by atoms with E-state index in [0.717, 1.165) is 96.3 Å². The number of ether oxygens (including phenoxy) is 2. The predicted molar refractivity (Wildman–Crippen MR) is 321 cm³/mol. The van der Waals surface area contributed by atoms with Crippen LogP contribution >= 0.6 is 7.82 Å². The van der Waals surface area contributed by atoms with Gasteiger partial charge in [-0.15, -0.1) is 0 Å². The van der Waals surface area contributed by atoms with Crippen LogP contribution < -0.4 is 5.73 Å². The number of rotatable bonds is 56. The SMILES string of the molecule is CC/C=C\C/C=C\C/C=C\C/C=C\C/C=C\CCCCCCCCCCCCCCCC(=O)OC(COC(=O)CCCCCCCCCCCCCC/C=C\C/C=C\C/C=C\C/C=C\CC)COP(=O)(O)OCCN. The molecule has 0 fully saturated rings. The second-order valence-electron chi connectivity index (χ2n) is 19.8. The van der Waals surface area contributed by atoms with Gasteiger partial charge in [0.05, 0.1) is 13.2 Å². The maximum atomic E-state index is 12.7. The standard InChI is InChI=1S/C65H112NO8P/c1-3-5-7-9-11-13-15-17-19-21-23-25-27-29-30-31-32-34-36-38-40-42-44-46-48-50-52-54-56-58-65(68)74-63(62-73-75(69,70)72-60-59-66)61-71-64(67)57-55-53-51-49-47-45-43-41-39-37-35-33-28-26-24-22-20-18-16-14-12-10-8-6-4-2/h5-8,11-14,17-20,23-26,29-30,63H,3-4,9-10,15-16,21-22,27-28,31-62,66H2,1-2H3,(H,69,70)/b7-5-,8-6-,13-11-,14-12-,19-17-,20-18-,25-23-,26-24-,30-29-. The number of unbranched alkanes of at least 4 members (excludes halogenated alkanes) is 25. The molecule has 9 nitrogen and oxygen atoms in total. The highest BCUT2D eigenvalue weighted by Gasteiger charge is 2.26. The average Bonchev–Trinajstić information content (AvgIpc) is 3.40. The van der Waals surface area contributed by atoms with E-state index in [0.29, 0.717) is 6.42 Å². The van der Waals surface area contributed by atoms with Gasteiger partial charge in [-0.25, -0.2) is 4.57 Å². The van der Waals surface area contributed by atoms with Crippen LogP contribution in [0, 0.1) is 0 Å². The summed E-state index contributed by atoms with van der Waals surface area (Å²) in [4.78, 5) is 35.3. The molecule has 0 aliphatic rings. The summed E-state index contributed by atoms with van der Waals surface area (Å²) in [6.45, 7) is 3.53. The van der Waals surface area contributed by atoms with Crippen molar-refractivity contribution in [2.75, 3.05) is 26.4 Å². The van der Waals surface area contributed by atoms with Crippen molar-refractivity contribution in [3.8, 4) is 0 Å². The molecule has 0 bridgehead atoms. The molecule has 10 heteroatoms. The number of allylic oxidation sites excluding steroid dienone is 18. The van der Waals surface area contributed by atoms with E-state index >= 15 is 0 Å². The number of phosphoric acid groups is 1. The molecule has 2 unspecified atom stereocenters. The zero-order chi connectivity index (χ0) is 54.5. The van der Waals surface area contributed by atoms with Gasteiger partial charge in [-0.3, -0.25) is 18.6 Å². The maximum Gasteiger partial charge on any atom is 0.472 e. The molecule has 0 rings (SSSR count). The van der Waals surface area contributed by atoms with Crippen LogP contribution in [-0.4, -0.2) is 49.3 Å². The quantitative estimate of drug-likeness (QED) is 0.0264. The fourth-order valence-electron chi connectivity index (χ4n) is 8.24. The van der Waals surface area contributed by atoms with Crippen LogP contribution in [0.15, 0.2) is 109 Å². The highest BCUT2D eigenvalue weighted by atomic mass is 31.2. The first kappa shape index (κ1) is 71.7. The van der Waals surface area contributed by atoms with Crippen LogP contribution in [0.5, 0.6) is 0 Å². The summed E-state index contributed by atoms with van der Waals surface area (Å²) in [6.07, 6.45) is 81.4. The monoisotopic (exact) mass is 1070 g/mol. The molecule has 0 aromatic rings. The minimum absolute atomic E-state index is 0.0488. The Hall–Kier alpha value is -3.33. The fourth-order valence-corrected chi connectivity index (χ4v) is 9.01. The van der Waals surface area contributed by atoms with Crippen LogP contribution in [0.4, 0.5) is 0 Å². The Kier molecular flexibility index (Phi) is 57.2. The lowest BCUT2D eigenvalue weighted by Gasteiger charge is -2.19. The Morgan fingerprint density at radius 1 is 0.400 bits per heavy atom. The lowest BCUT2D eigenvalue weighted by molar-refractivity contribution is -0.161. The van der Waals surface area contributed by atoms with E-state index in [1.54, 1.807) is 0 Å². The summed E-state index contributed by atoms with van der Waals surface area (Å²) >= 11 is 0. The molecule has 2 atom stereocenters. The largest absolute Gasteiger partial charge is 0.472 e. The molecule has 0 aromatic heterocycles. The molecule has 0 heterocycles. The smallest absolute Gasteiger partial charge is 0.462 e. The van der Waals surface area contributed by atoms with Gasteiger partial charge < -0.3 is 20.1 Å². The Bertz CT molecular complexity index is 1590. The highest BCUT2D eigenvalue weighted by Crippen LogP contribution is 2.43. The summed E-state index contributed by atoms with van der Waals surface area (Å²) in [5, 5.41) is 0. The molecular formula is C65H112NO8P. The van der Waals surface area contributed by atoms with Gasteiger partial charge in [0.15, 0.2) is 6.10 Å². The summed E-state index contributed by atoms with van der Waals surface area (Å²) < 4.78 is 33.1. The third kappa shape index (κ3) is 59.8. The number of hydrogen-bond donors (Lipinski definition) is 2. The van der Waals surface area contributed by atoms with Crippen molar-refractivity contribution in [1.29, 1.82) is 0 Å². The number of esters is 2. The van der Waals surface area contributed by atoms with Crippen molar-refractivity contribution in [1.82, 2.24) is 0 Å². The zero-order valence-corrected chi connectivity index (χ0v) is 48.9. The second kappa shape index (κ2) is 59.9. The number of carbonyl (C=O) groups excluding carboxylic acids is 2. The van der Waals surface area contributed by atoms with Crippen molar-refractivity contribution in [3.63, 3.8) is 0 Å². The van der Waals surface area contributed by atoms with Crippen LogP contribution in [-0.2, 0) is 32.7 Å². The fraction of sp³-hybridized carbons (Fsp3) is 0.692. The van der Waals surface area contributed by atoms with Crippen molar-refractivity contribution < 1.29 is 37.6 Å². The number of phosphoric ester groups is 1. The first-order chi connectivity index (χ1) is 36.8. The molecular weight excluding hydrogens is 954 g/mol. The molecule has 430 valence electrons. The zero-order valence-electron chi connectivity index (χ0n) is 48.0. The average molecular weight is 1070 g/mol. The van der Waals surface area contributed by atoms with Crippen LogP contribution in [0.1, 0.15) is 258 Å². The van der Waals surface area contributed by atoms with E-state index in [1.165, 1.54) is 128 Å². The van der Waals surface area contributed by atoms with Gasteiger partial charge in [-0.1, -0.05) is 258 Å². The molecule has 0 radical (unpaired) electrons. The van der Waals surface area contributed by atoms with Gasteiger partial charge in [0.25, 0.3) is 0 Å². The van der Waals surface area contributed by atoms with Gasteiger partial charge in [0.1, 0.15) is 6.61 Å². The summed E-state index contributed by atoms with van der Waals surface area (Å²) in [5.74, 6) is -0.831. The summed E-state index contributed by atoms with van der Waals surface area (Å²) in [6, 6.07) is 0. The van der Waals surface area contributed by atoms with Gasteiger partial charge in [0, 0.05) is 19.4 Å². The van der Waals surface area contributed by atoms with E-state index in [4.69, 9.17) is 24.3 Å². The van der Waals surface area contributed by atoms with E-state index in [9.17, 15) is 19.0 Å². The molecule has 0 aliphatic carbocycles. The predicted octanol–water partition coefficient (Wildman–Crippen LogP) is 19.4. The van der Waals surface area contributed by atoms with E-state index < -0.39 is 26.5 Å². The van der Waals surface area contributed by atoms with Crippen molar-refractivity contribution in [2.45, 2.75) is 264 Å². The first-order valence-corrected chi connectivity index (χ1v) is 31.9. The summed E-state index contributed by atoms with van der Waals surface area (Å²) in [7, 11) is -4.40. The Balaban J connectivity index is 3.96. The highest BCUT2D eigenvalue weighted by molar-refractivity contribution is 7.47. The minimum atomic E-state index is -4.40. The molecule has 75 heavy (non-hydrogen) atoms. The topological polar surface area (TPSA) is 134 Å². The molecule has 0 saturated heterocycles. The number of nitrogens with two attached hydrogens (primary N) is 1. The molecule has 0 aliphatic heterocycles. The number of hydrogen-bond acceptors (Lipinski definition) is 8. The van der Waals surface area contributed by atoms with Gasteiger partial charge in [0.2, 0.25) is 0 Å². The molecule has 0 spiro atoms.